The van der Waals surface area contributed by atoms with Gasteiger partial charge in [-0.15, -0.1) is 0 Å². The van der Waals surface area contributed by atoms with Gasteiger partial charge in [0.1, 0.15) is 6.61 Å². The van der Waals surface area contributed by atoms with Crippen molar-refractivity contribution in [1.29, 1.82) is 0 Å². The number of pyridine rings is 1. The molecule has 0 radical (unpaired) electrons. The summed E-state index contributed by atoms with van der Waals surface area (Å²) in [6, 6.07) is 2.99. The van der Waals surface area contributed by atoms with Crippen LogP contribution in [0.1, 0.15) is 30.5 Å². The van der Waals surface area contributed by atoms with Crippen molar-refractivity contribution in [3.05, 3.63) is 33.7 Å². The predicted octanol–water partition coefficient (Wildman–Crippen LogP) is 2.38. The zero-order valence-electron chi connectivity index (χ0n) is 10.1. The summed E-state index contributed by atoms with van der Waals surface area (Å²) in [6.07, 6.45) is -3.12. The summed E-state index contributed by atoms with van der Waals surface area (Å²) in [7, 11) is 0. The van der Waals surface area contributed by atoms with Crippen molar-refractivity contribution in [1.82, 2.24) is 4.98 Å². The molecule has 104 valence electrons. The van der Waals surface area contributed by atoms with E-state index >= 15 is 0 Å². The number of rotatable bonds is 3. The summed E-state index contributed by atoms with van der Waals surface area (Å²) in [6.45, 7) is -0.494. The summed E-state index contributed by atoms with van der Waals surface area (Å²) in [4.78, 5) is 18.6. The number of nitrogens with one attached hydrogen (secondary N) is 1. The van der Waals surface area contributed by atoms with E-state index in [0.29, 0.717) is 12.1 Å². The monoisotopic (exact) mass is 274 g/mol. The van der Waals surface area contributed by atoms with Gasteiger partial charge in [0.25, 0.3) is 0 Å². The van der Waals surface area contributed by atoms with Crippen molar-refractivity contribution in [2.24, 2.45) is 5.16 Å². The Hall–Kier alpha value is -1.79. The van der Waals surface area contributed by atoms with Crippen molar-refractivity contribution in [2.45, 2.75) is 31.9 Å². The van der Waals surface area contributed by atoms with Gasteiger partial charge in [-0.05, 0) is 25.3 Å². The van der Waals surface area contributed by atoms with E-state index in [1.165, 1.54) is 6.07 Å². The Labute approximate surface area is 107 Å². The Bertz CT molecular complexity index is 535. The van der Waals surface area contributed by atoms with Crippen LogP contribution in [0.4, 0.5) is 13.2 Å². The Morgan fingerprint density at radius 2 is 2.11 bits per heavy atom. The SMILES string of the molecule is O=c1ccc2c([nH]1)CCCC2=NOCCC(F)(F)F. The van der Waals surface area contributed by atoms with Crippen LogP contribution in [0.5, 0.6) is 0 Å². The third kappa shape index (κ3) is 3.84. The summed E-state index contributed by atoms with van der Waals surface area (Å²) in [5, 5.41) is 3.75. The van der Waals surface area contributed by atoms with E-state index in [4.69, 9.17) is 4.84 Å². The lowest BCUT2D eigenvalue weighted by molar-refractivity contribution is -0.145. The van der Waals surface area contributed by atoms with Crippen LogP contribution in [0.3, 0.4) is 0 Å². The molecule has 19 heavy (non-hydrogen) atoms. The quantitative estimate of drug-likeness (QED) is 0.679. The van der Waals surface area contributed by atoms with Gasteiger partial charge in [-0.3, -0.25) is 4.79 Å². The molecule has 0 fully saturated rings. The molecule has 0 amide bonds. The van der Waals surface area contributed by atoms with Crippen LogP contribution in [-0.4, -0.2) is 23.5 Å². The molecule has 1 heterocycles. The molecule has 2 rings (SSSR count). The molecule has 1 aliphatic rings. The molecule has 0 saturated heterocycles. The first-order chi connectivity index (χ1) is 8.96. The third-order valence-electron chi connectivity index (χ3n) is 2.80. The van der Waals surface area contributed by atoms with Crippen molar-refractivity contribution < 1.29 is 18.0 Å². The van der Waals surface area contributed by atoms with E-state index in [1.54, 1.807) is 6.07 Å². The number of halogens is 3. The first-order valence-corrected chi connectivity index (χ1v) is 5.94. The van der Waals surface area contributed by atoms with Crippen LogP contribution in [0.25, 0.3) is 0 Å². The standard InChI is InChI=1S/C12H13F3N2O2/c13-12(14,15)6-7-19-17-10-3-1-2-9-8(10)4-5-11(18)16-9/h4-5H,1-3,6-7H2,(H,16,18). The van der Waals surface area contributed by atoms with Crippen LogP contribution in [0.2, 0.25) is 0 Å². The lowest BCUT2D eigenvalue weighted by atomic mass is 9.94. The van der Waals surface area contributed by atoms with Crippen LogP contribution >= 0.6 is 0 Å². The highest BCUT2D eigenvalue weighted by Crippen LogP contribution is 2.21. The molecule has 1 aliphatic carbocycles. The maximum Gasteiger partial charge on any atom is 0.392 e. The Kier molecular flexibility index (Phi) is 3.92. The normalized spacial score (nSPS) is 17.3. The van der Waals surface area contributed by atoms with E-state index < -0.39 is 19.2 Å². The molecule has 0 saturated carbocycles. The molecular weight excluding hydrogens is 261 g/mol. The number of hydrogen-bond acceptors (Lipinski definition) is 3. The van der Waals surface area contributed by atoms with Gasteiger partial charge in [-0.1, -0.05) is 5.16 Å². The molecule has 0 atom stereocenters. The smallest absolute Gasteiger partial charge is 0.392 e. The van der Waals surface area contributed by atoms with Gasteiger partial charge in [0.2, 0.25) is 5.56 Å². The fourth-order valence-electron chi connectivity index (χ4n) is 1.93. The van der Waals surface area contributed by atoms with E-state index in [-0.39, 0.29) is 5.56 Å². The first kappa shape index (κ1) is 13.6. The van der Waals surface area contributed by atoms with E-state index in [9.17, 15) is 18.0 Å². The molecule has 0 aliphatic heterocycles. The van der Waals surface area contributed by atoms with E-state index in [1.807, 2.05) is 0 Å². The number of aromatic amines is 1. The van der Waals surface area contributed by atoms with Gasteiger partial charge in [-0.25, -0.2) is 0 Å². The molecule has 4 nitrogen and oxygen atoms in total. The molecule has 0 unspecified atom stereocenters. The topological polar surface area (TPSA) is 54.5 Å². The van der Waals surface area contributed by atoms with Gasteiger partial charge in [0, 0.05) is 17.3 Å². The van der Waals surface area contributed by atoms with Gasteiger partial charge in [-0.2, -0.15) is 13.2 Å². The van der Waals surface area contributed by atoms with E-state index in [0.717, 1.165) is 24.1 Å². The maximum absolute atomic E-state index is 11.9. The number of nitrogens with zero attached hydrogens (tertiary/aromatic N) is 1. The molecule has 0 bridgehead atoms. The number of alkyl halides is 3. The van der Waals surface area contributed by atoms with Gasteiger partial charge < -0.3 is 9.82 Å². The molecule has 0 spiro atoms. The highest BCUT2D eigenvalue weighted by molar-refractivity contribution is 6.01. The predicted molar refractivity (Wildman–Crippen MR) is 63.2 cm³/mol. The minimum Gasteiger partial charge on any atom is -0.395 e. The minimum atomic E-state index is -4.24. The molecule has 1 N–H and O–H groups in total. The molecule has 1 aromatic heterocycles. The average Bonchev–Trinajstić information content (AvgIpc) is 2.33. The summed E-state index contributed by atoms with van der Waals surface area (Å²) in [5.74, 6) is 0. The van der Waals surface area contributed by atoms with Crippen molar-refractivity contribution in [3.63, 3.8) is 0 Å². The maximum atomic E-state index is 11.9. The fraction of sp³-hybridized carbons (Fsp3) is 0.500. The number of fused-ring (bicyclic) bond motifs is 1. The lowest BCUT2D eigenvalue weighted by Gasteiger charge is -2.16. The zero-order chi connectivity index (χ0) is 13.9. The second-order valence-corrected chi connectivity index (χ2v) is 4.30. The minimum absolute atomic E-state index is 0.196. The van der Waals surface area contributed by atoms with Crippen molar-refractivity contribution in [2.75, 3.05) is 6.61 Å². The highest BCUT2D eigenvalue weighted by atomic mass is 19.4. The number of oxime groups is 1. The molecular formula is C12H13F3N2O2. The van der Waals surface area contributed by atoms with E-state index in [2.05, 4.69) is 10.1 Å². The fourth-order valence-corrected chi connectivity index (χ4v) is 1.93. The third-order valence-corrected chi connectivity index (χ3v) is 2.80. The Morgan fingerprint density at radius 3 is 2.84 bits per heavy atom. The second kappa shape index (κ2) is 5.46. The Morgan fingerprint density at radius 1 is 1.32 bits per heavy atom. The van der Waals surface area contributed by atoms with Gasteiger partial charge >= 0.3 is 6.18 Å². The van der Waals surface area contributed by atoms with Gasteiger partial charge in [0.15, 0.2) is 0 Å². The number of aromatic nitrogens is 1. The summed E-state index contributed by atoms with van der Waals surface area (Å²) >= 11 is 0. The molecule has 0 aromatic carbocycles. The number of aryl methyl sites for hydroxylation is 1. The average molecular weight is 274 g/mol. The Balaban J connectivity index is 2.05. The summed E-state index contributed by atoms with van der Waals surface area (Å²) < 4.78 is 35.8. The molecule has 7 heteroatoms. The highest BCUT2D eigenvalue weighted by Gasteiger charge is 2.27. The number of H-pyrrole nitrogens is 1. The zero-order valence-corrected chi connectivity index (χ0v) is 10.1. The van der Waals surface area contributed by atoms with Crippen LogP contribution in [0, 0.1) is 0 Å². The summed E-state index contributed by atoms with van der Waals surface area (Å²) in [5.41, 5.74) is 1.90. The first-order valence-electron chi connectivity index (χ1n) is 5.94. The van der Waals surface area contributed by atoms with Crippen molar-refractivity contribution >= 4 is 5.71 Å². The lowest BCUT2D eigenvalue weighted by Crippen LogP contribution is -2.19. The largest absolute Gasteiger partial charge is 0.395 e. The second-order valence-electron chi connectivity index (χ2n) is 4.30. The van der Waals surface area contributed by atoms with Crippen LogP contribution in [-0.2, 0) is 11.3 Å². The van der Waals surface area contributed by atoms with Crippen LogP contribution in [0.15, 0.2) is 22.1 Å². The van der Waals surface area contributed by atoms with Gasteiger partial charge in [0.05, 0.1) is 12.1 Å². The van der Waals surface area contributed by atoms with Crippen molar-refractivity contribution in [3.8, 4) is 0 Å². The van der Waals surface area contributed by atoms with Crippen LogP contribution < -0.4 is 5.56 Å². The molecule has 1 aromatic rings. The number of hydrogen-bond donors (Lipinski definition) is 1.